The van der Waals surface area contributed by atoms with Gasteiger partial charge in [0.2, 0.25) is 5.75 Å². The van der Waals surface area contributed by atoms with Gasteiger partial charge in [-0.1, -0.05) is 0 Å². The van der Waals surface area contributed by atoms with Crippen molar-refractivity contribution in [1.29, 1.82) is 5.26 Å². The lowest BCUT2D eigenvalue weighted by Crippen LogP contribution is -2.13. The second-order valence-corrected chi connectivity index (χ2v) is 7.77. The summed E-state index contributed by atoms with van der Waals surface area (Å²) in [5.74, 6) is 1.22. The van der Waals surface area contributed by atoms with Crippen LogP contribution in [0.5, 0.6) is 28.7 Å². The molecular weight excluding hydrogens is 444 g/mol. The van der Waals surface area contributed by atoms with E-state index < -0.39 is 5.92 Å². The average Bonchev–Trinajstić information content (AvgIpc) is 3.33. The summed E-state index contributed by atoms with van der Waals surface area (Å²) in [6.07, 6.45) is 0.0141. The fourth-order valence-electron chi connectivity index (χ4n) is 3.35. The van der Waals surface area contributed by atoms with E-state index in [1.54, 1.807) is 38.5 Å². The Kier molecular flexibility index (Phi) is 7.74. The highest BCUT2D eigenvalue weighted by Crippen LogP contribution is 2.39. The summed E-state index contributed by atoms with van der Waals surface area (Å²) in [6.45, 7) is 0. The van der Waals surface area contributed by atoms with Gasteiger partial charge in [0.15, 0.2) is 34.7 Å². The van der Waals surface area contributed by atoms with Gasteiger partial charge in [0.05, 0.1) is 47.3 Å². The first-order valence-corrected chi connectivity index (χ1v) is 10.8. The van der Waals surface area contributed by atoms with Crippen molar-refractivity contribution in [1.82, 2.24) is 4.98 Å². The highest BCUT2D eigenvalue weighted by molar-refractivity contribution is 7.10. The lowest BCUT2D eigenvalue weighted by atomic mass is 9.99. The third-order valence-electron chi connectivity index (χ3n) is 5.00. The zero-order chi connectivity index (χ0) is 24.0. The second kappa shape index (κ2) is 10.7. The Bertz CT molecular complexity index is 1160. The molecule has 8 nitrogen and oxygen atoms in total. The molecule has 0 bridgehead atoms. The Morgan fingerprint density at radius 1 is 0.939 bits per heavy atom. The summed E-state index contributed by atoms with van der Waals surface area (Å²) in [5.41, 5.74) is 2.09. The average molecular weight is 469 g/mol. The van der Waals surface area contributed by atoms with E-state index in [-0.39, 0.29) is 12.2 Å². The normalized spacial score (nSPS) is 11.3. The van der Waals surface area contributed by atoms with E-state index >= 15 is 0 Å². The lowest BCUT2D eigenvalue weighted by Gasteiger charge is -2.14. The van der Waals surface area contributed by atoms with E-state index in [0.29, 0.717) is 45.0 Å². The number of hydrogen-bond acceptors (Lipinski definition) is 9. The quantitative estimate of drug-likeness (QED) is 0.435. The van der Waals surface area contributed by atoms with Gasteiger partial charge in [0.1, 0.15) is 5.01 Å². The Hall–Kier alpha value is -3.77. The molecule has 0 saturated heterocycles. The molecule has 0 radical (unpaired) electrons. The van der Waals surface area contributed by atoms with Gasteiger partial charge in [-0.25, -0.2) is 4.98 Å². The molecule has 2 aromatic carbocycles. The molecule has 33 heavy (non-hydrogen) atoms. The first kappa shape index (κ1) is 23.9. The highest BCUT2D eigenvalue weighted by atomic mass is 32.1. The van der Waals surface area contributed by atoms with Crippen molar-refractivity contribution in [3.05, 3.63) is 46.3 Å². The molecule has 1 atom stereocenters. The van der Waals surface area contributed by atoms with E-state index in [1.807, 2.05) is 11.4 Å². The summed E-state index contributed by atoms with van der Waals surface area (Å²) < 4.78 is 26.6. The number of ether oxygens (including phenoxy) is 5. The third-order valence-corrected chi connectivity index (χ3v) is 5.91. The van der Waals surface area contributed by atoms with Gasteiger partial charge in [0, 0.05) is 17.4 Å². The van der Waals surface area contributed by atoms with Crippen LogP contribution >= 0.6 is 11.3 Å². The van der Waals surface area contributed by atoms with Crippen LogP contribution in [0.1, 0.15) is 16.5 Å². The van der Waals surface area contributed by atoms with Crippen molar-refractivity contribution in [3.63, 3.8) is 0 Å². The summed E-state index contributed by atoms with van der Waals surface area (Å²) in [5, 5.41) is 12.0. The van der Waals surface area contributed by atoms with Crippen molar-refractivity contribution in [2.45, 2.75) is 12.3 Å². The molecular formula is C24H24N2O6S. The van der Waals surface area contributed by atoms with Crippen LogP contribution in [-0.2, 0) is 11.2 Å². The fraction of sp³-hybridized carbons (Fsp3) is 0.292. The number of thiazole rings is 1. The molecule has 0 spiro atoms. The highest BCUT2D eigenvalue weighted by Gasteiger charge is 2.25. The van der Waals surface area contributed by atoms with Crippen molar-refractivity contribution in [3.8, 4) is 46.1 Å². The van der Waals surface area contributed by atoms with E-state index in [1.165, 1.54) is 32.7 Å². The fourth-order valence-corrected chi connectivity index (χ4v) is 4.25. The summed E-state index contributed by atoms with van der Waals surface area (Å²) in [6, 6.07) is 10.9. The molecule has 0 fully saturated rings. The third kappa shape index (κ3) is 5.02. The largest absolute Gasteiger partial charge is 0.493 e. The summed E-state index contributed by atoms with van der Waals surface area (Å²) in [4.78, 5) is 17.6. The second-order valence-electron chi connectivity index (χ2n) is 6.88. The number of carbonyl (C=O) groups is 1. The smallest absolute Gasteiger partial charge is 0.203 e. The number of hydrogen-bond donors (Lipinski definition) is 0. The maximum atomic E-state index is 13.0. The van der Waals surface area contributed by atoms with Crippen molar-refractivity contribution in [2.24, 2.45) is 0 Å². The van der Waals surface area contributed by atoms with Gasteiger partial charge in [-0.05, 0) is 35.9 Å². The monoisotopic (exact) mass is 468 g/mol. The van der Waals surface area contributed by atoms with Crippen LogP contribution in [-0.4, -0.2) is 46.3 Å². The minimum absolute atomic E-state index is 0.0141. The molecule has 0 aliphatic heterocycles. The molecule has 9 heteroatoms. The Labute approximate surface area is 196 Å². The van der Waals surface area contributed by atoms with Gasteiger partial charge >= 0.3 is 0 Å². The van der Waals surface area contributed by atoms with Gasteiger partial charge in [-0.3, -0.25) is 4.79 Å². The Morgan fingerprint density at radius 3 is 2.12 bits per heavy atom. The first-order valence-electron chi connectivity index (χ1n) is 9.88. The topological polar surface area (TPSA) is 99.9 Å². The number of methoxy groups -OCH3 is 5. The molecule has 1 heterocycles. The molecule has 0 aliphatic carbocycles. The number of ketones is 1. The molecule has 1 aromatic heterocycles. The predicted molar refractivity (Wildman–Crippen MR) is 124 cm³/mol. The van der Waals surface area contributed by atoms with Crippen molar-refractivity contribution >= 4 is 17.1 Å². The zero-order valence-electron chi connectivity index (χ0n) is 19.0. The SMILES string of the molecule is COc1ccc(-c2csc(C(C#N)C(=O)Cc3cc(OC)c(OC)c(OC)c3)n2)cc1OC. The van der Waals surface area contributed by atoms with Crippen molar-refractivity contribution in [2.75, 3.05) is 35.5 Å². The Morgan fingerprint density at radius 2 is 1.58 bits per heavy atom. The van der Waals surface area contributed by atoms with Crippen LogP contribution in [0.2, 0.25) is 0 Å². The lowest BCUT2D eigenvalue weighted by molar-refractivity contribution is -0.118. The molecule has 0 amide bonds. The molecule has 3 rings (SSSR count). The van der Waals surface area contributed by atoms with E-state index in [9.17, 15) is 10.1 Å². The van der Waals surface area contributed by atoms with E-state index in [4.69, 9.17) is 23.7 Å². The van der Waals surface area contributed by atoms with Gasteiger partial charge in [-0.15, -0.1) is 11.3 Å². The van der Waals surface area contributed by atoms with Crippen LogP contribution in [0, 0.1) is 11.3 Å². The zero-order valence-corrected chi connectivity index (χ0v) is 19.8. The molecule has 0 N–H and O–H groups in total. The summed E-state index contributed by atoms with van der Waals surface area (Å²) in [7, 11) is 7.64. The predicted octanol–water partition coefficient (Wildman–Crippen LogP) is 4.27. The maximum Gasteiger partial charge on any atom is 0.203 e. The maximum absolute atomic E-state index is 13.0. The number of aromatic nitrogens is 1. The molecule has 1 unspecified atom stereocenters. The minimum Gasteiger partial charge on any atom is -0.493 e. The van der Waals surface area contributed by atoms with Crippen LogP contribution in [0.3, 0.4) is 0 Å². The van der Waals surface area contributed by atoms with Crippen LogP contribution in [0.25, 0.3) is 11.3 Å². The molecule has 0 saturated carbocycles. The van der Waals surface area contributed by atoms with Gasteiger partial charge in [-0.2, -0.15) is 5.26 Å². The van der Waals surface area contributed by atoms with Crippen molar-refractivity contribution < 1.29 is 28.5 Å². The number of rotatable bonds is 10. The van der Waals surface area contributed by atoms with E-state index in [0.717, 1.165) is 5.56 Å². The standard InChI is InChI=1S/C24H24N2O6S/c1-28-19-7-6-15(11-20(19)29-2)17-13-33-24(26-17)16(12-25)18(27)8-14-9-21(30-3)23(32-5)22(10-14)31-4/h6-7,9-11,13,16H,8H2,1-5H3. The summed E-state index contributed by atoms with van der Waals surface area (Å²) >= 11 is 1.26. The molecule has 0 aliphatic rings. The van der Waals surface area contributed by atoms with Crippen LogP contribution in [0.4, 0.5) is 0 Å². The van der Waals surface area contributed by atoms with Crippen LogP contribution < -0.4 is 23.7 Å². The number of nitrogens with zero attached hydrogens (tertiary/aromatic N) is 2. The molecule has 172 valence electrons. The number of benzene rings is 2. The van der Waals surface area contributed by atoms with Crippen LogP contribution in [0.15, 0.2) is 35.7 Å². The number of carbonyl (C=O) groups excluding carboxylic acids is 1. The number of nitriles is 1. The minimum atomic E-state index is -0.997. The van der Waals surface area contributed by atoms with Gasteiger partial charge in [0.25, 0.3) is 0 Å². The van der Waals surface area contributed by atoms with Gasteiger partial charge < -0.3 is 23.7 Å². The molecule has 3 aromatic rings. The first-order chi connectivity index (χ1) is 16.0. The van der Waals surface area contributed by atoms with E-state index in [2.05, 4.69) is 11.1 Å². The Balaban J connectivity index is 1.85. The number of Topliss-reactive ketones (excluding diaryl/α,β-unsaturated/α-hetero) is 1.